The highest BCUT2D eigenvalue weighted by Gasteiger charge is 2.54. The smallest absolute Gasteiger partial charge is 0.341 e. The number of anilines is 1. The Morgan fingerprint density at radius 2 is 2.08 bits per heavy atom. The first kappa shape index (κ1) is 18.3. The van der Waals surface area contributed by atoms with Crippen LogP contribution in [-0.4, -0.2) is 42.0 Å². The van der Waals surface area contributed by atoms with Gasteiger partial charge in [0.25, 0.3) is 5.91 Å². The van der Waals surface area contributed by atoms with Gasteiger partial charge in [-0.15, -0.1) is 11.3 Å². The highest BCUT2D eigenvalue weighted by atomic mass is 32.1. The van der Waals surface area contributed by atoms with E-state index in [4.69, 9.17) is 9.47 Å². The molecule has 1 aromatic rings. The van der Waals surface area contributed by atoms with Crippen molar-refractivity contribution in [2.24, 2.45) is 5.92 Å². The van der Waals surface area contributed by atoms with Crippen LogP contribution in [0.5, 0.6) is 0 Å². The van der Waals surface area contributed by atoms with Gasteiger partial charge in [-0.1, -0.05) is 0 Å². The zero-order valence-corrected chi connectivity index (χ0v) is 14.9. The number of amides is 1. The van der Waals surface area contributed by atoms with Gasteiger partial charge in [0.05, 0.1) is 12.2 Å². The summed E-state index contributed by atoms with van der Waals surface area (Å²) in [5.74, 6) is -2.32. The van der Waals surface area contributed by atoms with Crippen molar-refractivity contribution in [1.82, 2.24) is 0 Å². The third-order valence-electron chi connectivity index (χ3n) is 4.24. The van der Waals surface area contributed by atoms with Gasteiger partial charge in [0.15, 0.2) is 6.61 Å². The second-order valence-corrected chi connectivity index (χ2v) is 7.12. The molecule has 2 aliphatic rings. The highest BCUT2D eigenvalue weighted by molar-refractivity contribution is 7.15. The number of thiophene rings is 1. The number of hydrogen-bond acceptors (Lipinski definition) is 8. The largest absolute Gasteiger partial charge is 0.462 e. The van der Waals surface area contributed by atoms with Gasteiger partial charge in [0, 0.05) is 11.3 Å². The first-order chi connectivity index (χ1) is 12.4. The molecule has 1 heterocycles. The molecule has 26 heavy (non-hydrogen) atoms. The first-order valence-electron chi connectivity index (χ1n) is 8.30. The molecule has 9 nitrogen and oxygen atoms in total. The Kier molecular flexibility index (Phi) is 5.21. The van der Waals surface area contributed by atoms with E-state index in [1.807, 2.05) is 5.38 Å². The van der Waals surface area contributed by atoms with Crippen molar-refractivity contribution in [3.05, 3.63) is 26.6 Å². The van der Waals surface area contributed by atoms with Gasteiger partial charge in [0.1, 0.15) is 10.9 Å². The van der Waals surface area contributed by atoms with Crippen LogP contribution < -0.4 is 5.32 Å². The Morgan fingerprint density at radius 1 is 1.35 bits per heavy atom. The summed E-state index contributed by atoms with van der Waals surface area (Å²) >= 11 is 1.22. The van der Waals surface area contributed by atoms with Crippen molar-refractivity contribution in [3.8, 4) is 0 Å². The summed E-state index contributed by atoms with van der Waals surface area (Å²) in [6.07, 6.45) is 2.12. The maximum Gasteiger partial charge on any atom is 0.341 e. The van der Waals surface area contributed by atoms with Crippen LogP contribution in [0.4, 0.5) is 5.00 Å². The molecule has 0 saturated heterocycles. The molecule has 2 fully saturated rings. The standard InChI is InChI=1S/C16H18N2O7S/c1-2-24-16(21)13-10(8-3-4-8)7-26-14(13)17-12(19)6-25-15(20)9-5-11(9)18(22)23/h7-9,11H,2-6H2,1H3,(H,17,19). The molecule has 2 atom stereocenters. The fraction of sp³-hybridized carbons (Fsp3) is 0.562. The van der Waals surface area contributed by atoms with Crippen LogP contribution in [0.2, 0.25) is 0 Å². The maximum atomic E-state index is 12.2. The second kappa shape index (κ2) is 7.40. The van der Waals surface area contributed by atoms with E-state index in [9.17, 15) is 24.5 Å². The number of carbonyl (C=O) groups is 3. The summed E-state index contributed by atoms with van der Waals surface area (Å²) in [5, 5.41) is 15.3. The molecule has 1 amide bonds. The normalized spacial score (nSPS) is 21.0. The van der Waals surface area contributed by atoms with Crippen molar-refractivity contribution in [2.75, 3.05) is 18.5 Å². The van der Waals surface area contributed by atoms with E-state index in [-0.39, 0.29) is 13.0 Å². The van der Waals surface area contributed by atoms with Crippen molar-refractivity contribution >= 4 is 34.2 Å². The van der Waals surface area contributed by atoms with Crippen molar-refractivity contribution < 1.29 is 28.8 Å². The van der Waals surface area contributed by atoms with Gasteiger partial charge in [0.2, 0.25) is 6.04 Å². The minimum atomic E-state index is -0.917. The molecule has 0 aliphatic heterocycles. The summed E-state index contributed by atoms with van der Waals surface area (Å²) in [5.41, 5.74) is 1.22. The monoisotopic (exact) mass is 382 g/mol. The fourth-order valence-corrected chi connectivity index (χ4v) is 3.69. The Labute approximate surface area is 152 Å². The van der Waals surface area contributed by atoms with Crippen LogP contribution in [0, 0.1) is 16.0 Å². The number of carbonyl (C=O) groups excluding carboxylic acids is 3. The zero-order chi connectivity index (χ0) is 18.8. The predicted octanol–water partition coefficient (Wildman–Crippen LogP) is 1.95. The van der Waals surface area contributed by atoms with E-state index >= 15 is 0 Å². The molecule has 2 aliphatic carbocycles. The van der Waals surface area contributed by atoms with E-state index in [1.165, 1.54) is 11.3 Å². The van der Waals surface area contributed by atoms with Crippen LogP contribution in [0.3, 0.4) is 0 Å². The third kappa shape index (κ3) is 4.01. The third-order valence-corrected chi connectivity index (χ3v) is 5.16. The van der Waals surface area contributed by atoms with Gasteiger partial charge < -0.3 is 14.8 Å². The Balaban J connectivity index is 1.58. The van der Waals surface area contributed by atoms with Crippen LogP contribution in [-0.2, 0) is 19.1 Å². The zero-order valence-electron chi connectivity index (χ0n) is 14.1. The summed E-state index contributed by atoms with van der Waals surface area (Å²) in [4.78, 5) is 45.9. The van der Waals surface area contributed by atoms with Gasteiger partial charge in [-0.2, -0.15) is 0 Å². The average molecular weight is 382 g/mol. The topological polar surface area (TPSA) is 125 Å². The molecule has 140 valence electrons. The fourth-order valence-electron chi connectivity index (χ4n) is 2.65. The molecule has 2 unspecified atom stereocenters. The summed E-state index contributed by atoms with van der Waals surface area (Å²) in [7, 11) is 0. The molecule has 3 rings (SSSR count). The molecule has 0 aromatic carbocycles. The number of ether oxygens (including phenoxy) is 2. The number of rotatable bonds is 8. The average Bonchev–Trinajstić information content (AvgIpc) is 3.50. The number of nitrogens with zero attached hydrogens (tertiary/aromatic N) is 1. The number of nitro groups is 1. The van der Waals surface area contributed by atoms with Crippen LogP contribution in [0.1, 0.15) is 48.0 Å². The summed E-state index contributed by atoms with van der Waals surface area (Å²) in [6.45, 7) is 1.37. The quantitative estimate of drug-likeness (QED) is 0.414. The van der Waals surface area contributed by atoms with Gasteiger partial charge in [-0.25, -0.2) is 4.79 Å². The van der Waals surface area contributed by atoms with Crippen molar-refractivity contribution in [3.63, 3.8) is 0 Å². The Bertz CT molecular complexity index is 756. The van der Waals surface area contributed by atoms with E-state index in [0.29, 0.717) is 16.5 Å². The first-order valence-corrected chi connectivity index (χ1v) is 9.18. The lowest BCUT2D eigenvalue weighted by Crippen LogP contribution is -2.23. The number of esters is 2. The number of hydrogen-bond donors (Lipinski definition) is 1. The van der Waals surface area contributed by atoms with E-state index in [2.05, 4.69) is 5.32 Å². The molecule has 1 N–H and O–H groups in total. The summed E-state index contributed by atoms with van der Waals surface area (Å²) < 4.78 is 9.89. The SMILES string of the molecule is CCOC(=O)c1c(C2CC2)csc1NC(=O)COC(=O)C1CC1[N+](=O)[O-]. The molecule has 0 radical (unpaired) electrons. The molecule has 2 saturated carbocycles. The number of nitrogens with one attached hydrogen (secondary N) is 1. The van der Waals surface area contributed by atoms with Crippen LogP contribution in [0.15, 0.2) is 5.38 Å². The van der Waals surface area contributed by atoms with Gasteiger partial charge >= 0.3 is 11.9 Å². The van der Waals surface area contributed by atoms with E-state index < -0.39 is 41.3 Å². The van der Waals surface area contributed by atoms with E-state index in [0.717, 1.165) is 18.4 Å². The molecule has 0 bridgehead atoms. The Hall–Kier alpha value is -2.49. The molecular weight excluding hydrogens is 364 g/mol. The van der Waals surface area contributed by atoms with Crippen molar-refractivity contribution in [2.45, 2.75) is 38.1 Å². The van der Waals surface area contributed by atoms with Crippen LogP contribution >= 0.6 is 11.3 Å². The minimum Gasteiger partial charge on any atom is -0.462 e. The lowest BCUT2D eigenvalue weighted by molar-refractivity contribution is -0.497. The molecular formula is C16H18N2O7S. The highest BCUT2D eigenvalue weighted by Crippen LogP contribution is 2.46. The molecule has 10 heteroatoms. The molecule has 0 spiro atoms. The lowest BCUT2D eigenvalue weighted by Gasteiger charge is -2.08. The van der Waals surface area contributed by atoms with Crippen molar-refractivity contribution in [1.29, 1.82) is 0 Å². The maximum absolute atomic E-state index is 12.2. The summed E-state index contributed by atoms with van der Waals surface area (Å²) in [6, 6.07) is -0.917. The van der Waals surface area contributed by atoms with E-state index in [1.54, 1.807) is 6.92 Å². The Morgan fingerprint density at radius 3 is 2.65 bits per heavy atom. The van der Waals surface area contributed by atoms with Crippen LogP contribution in [0.25, 0.3) is 0 Å². The predicted molar refractivity (Wildman–Crippen MR) is 90.7 cm³/mol. The second-order valence-electron chi connectivity index (χ2n) is 6.24. The lowest BCUT2D eigenvalue weighted by atomic mass is 10.1. The van der Waals surface area contributed by atoms with Gasteiger partial charge in [-0.3, -0.25) is 19.7 Å². The van der Waals surface area contributed by atoms with Gasteiger partial charge in [-0.05, 0) is 36.6 Å². The molecule has 1 aromatic heterocycles. The minimum absolute atomic E-state index is 0.135.